The zero-order valence-corrected chi connectivity index (χ0v) is 40.9. The van der Waals surface area contributed by atoms with Gasteiger partial charge in [0, 0.05) is 24.7 Å². The fourth-order valence-corrected chi connectivity index (χ4v) is 14.3. The second-order valence-corrected chi connectivity index (χ2v) is 22.8. The van der Waals surface area contributed by atoms with Crippen LogP contribution >= 0.6 is 0 Å². The highest BCUT2D eigenvalue weighted by molar-refractivity contribution is 5.83. The lowest BCUT2D eigenvalue weighted by Crippen LogP contribution is -2.64. The van der Waals surface area contributed by atoms with Crippen molar-refractivity contribution < 1.29 is 109 Å². The van der Waals surface area contributed by atoms with Crippen molar-refractivity contribution in [3.05, 3.63) is 11.3 Å². The van der Waals surface area contributed by atoms with E-state index in [1.807, 2.05) is 6.92 Å². The summed E-state index contributed by atoms with van der Waals surface area (Å²) in [6.45, 7) is 7.28. The first-order valence-electron chi connectivity index (χ1n) is 25.7. The summed E-state index contributed by atoms with van der Waals surface area (Å²) in [4.78, 5) is 14.5. The molecule has 4 aliphatic carbocycles. The fraction of sp³-hybridized carbons (Fsp3) is 0.939. The van der Waals surface area contributed by atoms with E-state index in [1.54, 1.807) is 0 Å². The van der Waals surface area contributed by atoms with Crippen LogP contribution in [0.4, 0.5) is 0 Å². The van der Waals surface area contributed by atoms with Crippen molar-refractivity contribution in [1.29, 1.82) is 0 Å². The molecule has 0 aromatic rings. The van der Waals surface area contributed by atoms with Gasteiger partial charge < -0.3 is 104 Å². The second-order valence-electron chi connectivity index (χ2n) is 22.8. The van der Waals surface area contributed by atoms with E-state index in [0.29, 0.717) is 38.0 Å². The molecule has 9 rings (SSSR count). The lowest BCUT2D eigenvalue weighted by molar-refractivity contribution is -0.361. The quantitative estimate of drug-likeness (QED) is 0.0797. The van der Waals surface area contributed by atoms with Crippen LogP contribution in [0.5, 0.6) is 0 Å². The van der Waals surface area contributed by atoms with Crippen molar-refractivity contribution in [3.63, 3.8) is 0 Å². The number of allylic oxidation sites excluding steroid dienone is 1. The summed E-state index contributed by atoms with van der Waals surface area (Å²) in [5.74, 6) is 1.89. The van der Waals surface area contributed by atoms with Crippen molar-refractivity contribution in [2.45, 2.75) is 208 Å². The molecule has 12 N–H and O–H groups in total. The zero-order chi connectivity index (χ0) is 51.0. The molecule has 9 aliphatic rings. The Morgan fingerprint density at radius 2 is 1.31 bits per heavy atom. The van der Waals surface area contributed by atoms with Crippen LogP contribution in [-0.2, 0) is 47.4 Å². The van der Waals surface area contributed by atoms with E-state index in [9.17, 15) is 66.1 Å². The Morgan fingerprint density at radius 3 is 2.01 bits per heavy atom. The Hall–Kier alpha value is -1.59. The molecule has 0 radical (unpaired) electrons. The van der Waals surface area contributed by atoms with E-state index in [-0.39, 0.29) is 65.5 Å². The number of fused-ring (bicyclic) bond motifs is 7. The Bertz CT molecular complexity index is 1880. The molecule has 22 heteroatoms. The number of ether oxygens (including phenoxy) is 9. The molecule has 0 aromatic heterocycles. The molecule has 4 saturated heterocycles. The maximum absolute atomic E-state index is 14.5. The number of aliphatic hydroxyl groups excluding tert-OH is 12. The molecule has 71 heavy (non-hydrogen) atoms. The summed E-state index contributed by atoms with van der Waals surface area (Å²) in [5.41, 5.74) is 0.897. The van der Waals surface area contributed by atoms with E-state index < -0.39 is 137 Å². The molecule has 0 unspecified atom stereocenters. The van der Waals surface area contributed by atoms with Crippen LogP contribution < -0.4 is 0 Å². The second kappa shape index (κ2) is 21.4. The van der Waals surface area contributed by atoms with Gasteiger partial charge in [-0.05, 0) is 91.9 Å². The van der Waals surface area contributed by atoms with Crippen LogP contribution in [0, 0.1) is 46.3 Å². The summed E-state index contributed by atoms with van der Waals surface area (Å²) >= 11 is 0. The summed E-state index contributed by atoms with van der Waals surface area (Å²) in [6.07, 6.45) is -20.9. The zero-order valence-electron chi connectivity index (χ0n) is 40.9. The molecule has 5 aliphatic heterocycles. The first-order chi connectivity index (χ1) is 33.7. The highest BCUT2D eigenvalue weighted by Crippen LogP contribution is 2.69. The summed E-state index contributed by atoms with van der Waals surface area (Å²) in [6, 6.07) is 0. The Balaban J connectivity index is 0.816. The summed E-state index contributed by atoms with van der Waals surface area (Å²) < 4.78 is 53.2. The number of carbonyl (C=O) groups is 1. The topological polar surface area (TPSA) is 343 Å². The van der Waals surface area contributed by atoms with Crippen molar-refractivity contribution >= 4 is 5.78 Å². The maximum Gasteiger partial charge on any atom is 0.186 e. The molecular weight excluding hydrogens is 941 g/mol. The van der Waals surface area contributed by atoms with Crippen molar-refractivity contribution in [1.82, 2.24) is 0 Å². The van der Waals surface area contributed by atoms with E-state index in [2.05, 4.69) is 20.8 Å². The van der Waals surface area contributed by atoms with E-state index >= 15 is 0 Å². The summed E-state index contributed by atoms with van der Waals surface area (Å²) in [5, 5.41) is 125. The minimum absolute atomic E-state index is 0.0141. The van der Waals surface area contributed by atoms with Crippen LogP contribution in [0.1, 0.15) is 85.5 Å². The van der Waals surface area contributed by atoms with Gasteiger partial charge in [-0.15, -0.1) is 0 Å². The average molecular weight is 1020 g/mol. The van der Waals surface area contributed by atoms with Crippen LogP contribution in [0.2, 0.25) is 0 Å². The largest absolute Gasteiger partial charge is 0.494 e. The molecular formula is C49H78O22. The van der Waals surface area contributed by atoms with Gasteiger partial charge >= 0.3 is 0 Å². The first kappa shape index (κ1) is 54.2. The maximum atomic E-state index is 14.5. The average Bonchev–Trinajstić information content (AvgIpc) is 3.83. The standard InChI is InChI=1S/C49H78O22/c1-19(15-63-45-41(61)37(57)36(56)31(14-50)69-45)5-6-29-20(2)33-30(68-29)13-24-22-12-26(51)25-11-21(7-9-48(25,3)23(22)8-10-49(24,33)4)67-47-42(62)38(58)43(71-46-40(60)35(55)28(53)17-65-46)32(70-47)18-66-44-39(59)34(54)27(52)16-64-44/h19,21-25,27-28,30-47,50,52-62H,5-18H2,1-4H3/t19-,21+,22-,23+,24+,25-,27+,28-,30+,31-,32-,33+,34+,35+,36-,37+,38-,39-,40-,41-,42-,43-,44-,45-,46-,47-,48-,49+/m1/s1. The number of hydrogen-bond acceptors (Lipinski definition) is 22. The number of carbonyl (C=O) groups excluding carboxylic acids is 1. The van der Waals surface area contributed by atoms with Gasteiger partial charge in [-0.1, -0.05) is 20.8 Å². The van der Waals surface area contributed by atoms with Gasteiger partial charge in [0.2, 0.25) is 0 Å². The van der Waals surface area contributed by atoms with Gasteiger partial charge in [0.15, 0.2) is 25.2 Å². The molecule has 0 aromatic carbocycles. The van der Waals surface area contributed by atoms with Crippen molar-refractivity contribution in [2.75, 3.05) is 33.0 Å². The lowest BCUT2D eigenvalue weighted by atomic mass is 9.44. The van der Waals surface area contributed by atoms with E-state index in [1.165, 1.54) is 5.57 Å². The lowest BCUT2D eigenvalue weighted by Gasteiger charge is -2.60. The minimum atomic E-state index is -1.74. The van der Waals surface area contributed by atoms with Gasteiger partial charge in [-0.3, -0.25) is 4.79 Å². The van der Waals surface area contributed by atoms with E-state index in [0.717, 1.165) is 31.4 Å². The van der Waals surface area contributed by atoms with Crippen LogP contribution in [0.3, 0.4) is 0 Å². The summed E-state index contributed by atoms with van der Waals surface area (Å²) in [7, 11) is 0. The molecule has 8 fully saturated rings. The van der Waals surface area contributed by atoms with Crippen LogP contribution in [-0.4, -0.2) is 223 Å². The van der Waals surface area contributed by atoms with Gasteiger partial charge in [-0.25, -0.2) is 0 Å². The number of ketones is 1. The van der Waals surface area contributed by atoms with Gasteiger partial charge in [0.25, 0.3) is 0 Å². The number of hydrogen-bond donors (Lipinski definition) is 12. The van der Waals surface area contributed by atoms with Gasteiger partial charge in [0.1, 0.15) is 97.3 Å². The third-order valence-corrected chi connectivity index (χ3v) is 18.5. The predicted octanol–water partition coefficient (Wildman–Crippen LogP) is -2.55. The SMILES string of the molecule is CC1=C(CC[C@@H](C)CO[C@@H]2O[C@H](CO)[C@@H](O)[C@H](O)[C@H]2O)O[C@H]2C[C@H]3[C@@H]4CC(=O)[C@H]5C[C@@H](O[C@@H]6O[C@H](CO[C@H]7OC[C@H](O)[C@H](O)[C@H]7O)[C@@H](O[C@H]7OC[C@@H](O)[C@H](O)[C@H]7O)[C@H](O)[C@H]6O)CC[C@]5(C)[C@H]4CC[C@]3(C)[C@@H]12. The van der Waals surface area contributed by atoms with Crippen LogP contribution in [0.25, 0.3) is 0 Å². The third kappa shape index (κ3) is 10.0. The monoisotopic (exact) mass is 1020 g/mol. The van der Waals surface area contributed by atoms with Gasteiger partial charge in [-0.2, -0.15) is 0 Å². The molecule has 22 nitrogen and oxygen atoms in total. The predicted molar refractivity (Wildman–Crippen MR) is 239 cm³/mol. The molecule has 0 bridgehead atoms. The Morgan fingerprint density at radius 1 is 0.676 bits per heavy atom. The molecule has 406 valence electrons. The van der Waals surface area contributed by atoms with Gasteiger partial charge in [0.05, 0.1) is 44.9 Å². The molecule has 4 saturated carbocycles. The number of rotatable bonds is 14. The minimum Gasteiger partial charge on any atom is -0.494 e. The highest BCUT2D eigenvalue weighted by atomic mass is 16.8. The van der Waals surface area contributed by atoms with Crippen LogP contribution in [0.15, 0.2) is 11.3 Å². The Kier molecular flexibility index (Phi) is 16.4. The fourth-order valence-electron chi connectivity index (χ4n) is 14.3. The number of Topliss-reactive ketones (excluding diaryl/α,β-unsaturated/α-hetero) is 1. The third-order valence-electron chi connectivity index (χ3n) is 18.5. The number of aliphatic hydroxyl groups is 12. The highest BCUT2D eigenvalue weighted by Gasteiger charge is 2.66. The first-order valence-corrected chi connectivity index (χ1v) is 25.7. The van der Waals surface area contributed by atoms with Crippen molar-refractivity contribution in [3.8, 4) is 0 Å². The van der Waals surface area contributed by atoms with Crippen molar-refractivity contribution in [2.24, 2.45) is 46.3 Å². The molecule has 28 atom stereocenters. The normalized spacial score (nSPS) is 52.6. The molecule has 0 amide bonds. The Labute approximate surface area is 412 Å². The van der Waals surface area contributed by atoms with E-state index in [4.69, 9.17) is 42.6 Å². The smallest absolute Gasteiger partial charge is 0.186 e. The molecule has 0 spiro atoms. The molecule has 5 heterocycles.